The van der Waals surface area contributed by atoms with Crippen molar-refractivity contribution in [3.8, 4) is 0 Å². The normalized spacial score (nSPS) is 16.1. The minimum absolute atomic E-state index is 0.0727. The zero-order chi connectivity index (χ0) is 20.5. The van der Waals surface area contributed by atoms with Crippen LogP contribution in [-0.2, 0) is 14.8 Å². The van der Waals surface area contributed by atoms with Crippen molar-refractivity contribution in [2.75, 3.05) is 18.4 Å². The van der Waals surface area contributed by atoms with E-state index in [1.165, 1.54) is 16.4 Å². The second-order valence-corrected chi connectivity index (χ2v) is 9.73. The first-order valence-corrected chi connectivity index (χ1v) is 11.2. The summed E-state index contributed by atoms with van der Waals surface area (Å²) in [4.78, 5) is 12.5. The topological polar surface area (TPSA) is 66.5 Å². The third-order valence-electron chi connectivity index (χ3n) is 4.98. The molecule has 5 nitrogen and oxygen atoms in total. The maximum absolute atomic E-state index is 12.9. The molecule has 0 spiro atoms. The van der Waals surface area contributed by atoms with Crippen LogP contribution in [0.2, 0.25) is 10.0 Å². The van der Waals surface area contributed by atoms with Crippen LogP contribution >= 0.6 is 23.2 Å². The third kappa shape index (κ3) is 4.35. The Bertz CT molecular complexity index is 980. The van der Waals surface area contributed by atoms with Gasteiger partial charge in [0, 0.05) is 24.7 Å². The highest BCUT2D eigenvalue weighted by Gasteiger charge is 2.34. The predicted molar refractivity (Wildman–Crippen MR) is 112 cm³/mol. The van der Waals surface area contributed by atoms with Crippen LogP contribution in [0, 0.1) is 19.8 Å². The molecular weight excluding hydrogens is 419 g/mol. The van der Waals surface area contributed by atoms with Gasteiger partial charge in [-0.05, 0) is 50.5 Å². The molecule has 28 heavy (non-hydrogen) atoms. The Morgan fingerprint density at radius 1 is 1.07 bits per heavy atom. The van der Waals surface area contributed by atoms with Gasteiger partial charge in [-0.2, -0.15) is 4.31 Å². The molecule has 2 aromatic carbocycles. The van der Waals surface area contributed by atoms with Gasteiger partial charge in [-0.1, -0.05) is 47.0 Å². The fourth-order valence-corrected chi connectivity index (χ4v) is 5.97. The molecule has 150 valence electrons. The summed E-state index contributed by atoms with van der Waals surface area (Å²) >= 11 is 12.1. The molecule has 1 amide bonds. The van der Waals surface area contributed by atoms with E-state index in [0.29, 0.717) is 12.8 Å². The fraction of sp³-hybridized carbons (Fsp3) is 0.350. The molecule has 3 rings (SSSR count). The van der Waals surface area contributed by atoms with Crippen molar-refractivity contribution in [2.45, 2.75) is 31.6 Å². The average molecular weight is 441 g/mol. The van der Waals surface area contributed by atoms with Gasteiger partial charge in [-0.15, -0.1) is 0 Å². The van der Waals surface area contributed by atoms with Crippen molar-refractivity contribution in [3.63, 3.8) is 0 Å². The first kappa shape index (κ1) is 21.1. The van der Waals surface area contributed by atoms with Crippen LogP contribution in [0.25, 0.3) is 0 Å². The summed E-state index contributed by atoms with van der Waals surface area (Å²) in [5.41, 5.74) is 2.92. The lowest BCUT2D eigenvalue weighted by atomic mass is 9.97. The summed E-state index contributed by atoms with van der Waals surface area (Å²) in [6.07, 6.45) is 0.885. The number of hydrogen-bond donors (Lipinski definition) is 1. The molecule has 0 bridgehead atoms. The number of anilines is 1. The summed E-state index contributed by atoms with van der Waals surface area (Å²) in [5.74, 6) is -0.325. The Kier molecular flexibility index (Phi) is 6.34. The maximum atomic E-state index is 12.9. The van der Waals surface area contributed by atoms with Gasteiger partial charge in [0.25, 0.3) is 0 Å². The van der Waals surface area contributed by atoms with Crippen molar-refractivity contribution >= 4 is 44.8 Å². The smallest absolute Gasteiger partial charge is 0.246 e. The fourth-order valence-electron chi connectivity index (χ4n) is 3.41. The van der Waals surface area contributed by atoms with Crippen molar-refractivity contribution in [3.05, 3.63) is 57.6 Å². The third-order valence-corrected chi connectivity index (χ3v) is 7.84. The van der Waals surface area contributed by atoms with E-state index in [1.54, 1.807) is 6.07 Å². The molecule has 1 aliphatic rings. The van der Waals surface area contributed by atoms with E-state index in [4.69, 9.17) is 23.2 Å². The van der Waals surface area contributed by atoms with Gasteiger partial charge in [0.2, 0.25) is 15.9 Å². The predicted octanol–water partition coefficient (Wildman–Crippen LogP) is 4.65. The quantitative estimate of drug-likeness (QED) is 0.751. The molecular formula is C20H22Cl2N2O3S. The Morgan fingerprint density at radius 3 is 2.25 bits per heavy atom. The van der Waals surface area contributed by atoms with Gasteiger partial charge in [-0.3, -0.25) is 4.79 Å². The van der Waals surface area contributed by atoms with E-state index in [-0.39, 0.29) is 39.9 Å². The highest BCUT2D eigenvalue weighted by molar-refractivity contribution is 7.89. The highest BCUT2D eigenvalue weighted by atomic mass is 35.5. The molecule has 0 unspecified atom stereocenters. The first-order chi connectivity index (χ1) is 13.2. The molecule has 1 aliphatic heterocycles. The van der Waals surface area contributed by atoms with E-state index >= 15 is 0 Å². The van der Waals surface area contributed by atoms with Crippen molar-refractivity contribution in [1.29, 1.82) is 0 Å². The molecule has 1 heterocycles. The van der Waals surface area contributed by atoms with Gasteiger partial charge < -0.3 is 5.32 Å². The van der Waals surface area contributed by atoms with E-state index in [9.17, 15) is 13.2 Å². The number of carbonyl (C=O) groups excluding carboxylic acids is 1. The number of halogens is 2. The zero-order valence-corrected chi connectivity index (χ0v) is 18.0. The minimum Gasteiger partial charge on any atom is -0.326 e. The van der Waals surface area contributed by atoms with E-state index in [0.717, 1.165) is 16.8 Å². The van der Waals surface area contributed by atoms with Gasteiger partial charge in [0.05, 0.1) is 10.0 Å². The summed E-state index contributed by atoms with van der Waals surface area (Å²) in [5, 5.41) is 3.16. The molecule has 1 N–H and O–H groups in total. The number of carbonyl (C=O) groups is 1. The number of nitrogens with one attached hydrogen (secondary N) is 1. The molecule has 0 aliphatic carbocycles. The molecule has 0 aromatic heterocycles. The molecule has 0 saturated carbocycles. The monoisotopic (exact) mass is 440 g/mol. The molecule has 2 aromatic rings. The SMILES string of the molecule is Cc1ccc(NC(=O)C2CCN(S(=O)(=O)c3c(Cl)cccc3Cl)CC2)c(C)c1. The molecule has 1 fully saturated rings. The van der Waals surface area contributed by atoms with E-state index < -0.39 is 10.0 Å². The van der Waals surface area contributed by atoms with Crippen LogP contribution in [0.4, 0.5) is 5.69 Å². The van der Waals surface area contributed by atoms with Gasteiger partial charge in [0.1, 0.15) is 4.90 Å². The molecule has 1 saturated heterocycles. The Labute approximate surface area is 175 Å². The van der Waals surface area contributed by atoms with Crippen molar-refractivity contribution < 1.29 is 13.2 Å². The zero-order valence-electron chi connectivity index (χ0n) is 15.7. The largest absolute Gasteiger partial charge is 0.326 e. The number of sulfonamides is 1. The molecule has 0 atom stereocenters. The van der Waals surface area contributed by atoms with Gasteiger partial charge in [-0.25, -0.2) is 8.42 Å². The highest BCUT2D eigenvalue weighted by Crippen LogP contribution is 2.33. The lowest BCUT2D eigenvalue weighted by Gasteiger charge is -2.31. The number of amides is 1. The van der Waals surface area contributed by atoms with Crippen molar-refractivity contribution in [1.82, 2.24) is 4.31 Å². The van der Waals surface area contributed by atoms with Gasteiger partial charge >= 0.3 is 0 Å². The van der Waals surface area contributed by atoms with E-state index in [1.807, 2.05) is 32.0 Å². The summed E-state index contributed by atoms with van der Waals surface area (Å²) in [7, 11) is -3.81. The Morgan fingerprint density at radius 2 is 1.68 bits per heavy atom. The van der Waals surface area contributed by atoms with Crippen LogP contribution in [0.5, 0.6) is 0 Å². The number of nitrogens with zero attached hydrogens (tertiary/aromatic N) is 1. The lowest BCUT2D eigenvalue weighted by molar-refractivity contribution is -0.120. The van der Waals surface area contributed by atoms with Crippen LogP contribution in [-0.4, -0.2) is 31.7 Å². The number of piperidine rings is 1. The van der Waals surface area contributed by atoms with Crippen LogP contribution < -0.4 is 5.32 Å². The van der Waals surface area contributed by atoms with E-state index in [2.05, 4.69) is 5.32 Å². The summed E-state index contributed by atoms with van der Waals surface area (Å²) < 4.78 is 27.2. The standard InChI is InChI=1S/C20H22Cl2N2O3S/c1-13-6-7-18(14(2)12-13)23-20(25)15-8-10-24(11-9-15)28(26,27)19-16(21)4-3-5-17(19)22/h3-7,12,15H,8-11H2,1-2H3,(H,23,25). The number of benzene rings is 2. The van der Waals surface area contributed by atoms with Gasteiger partial charge in [0.15, 0.2) is 0 Å². The Balaban J connectivity index is 1.68. The number of hydrogen-bond acceptors (Lipinski definition) is 3. The average Bonchev–Trinajstić information content (AvgIpc) is 2.64. The lowest BCUT2D eigenvalue weighted by Crippen LogP contribution is -2.41. The molecule has 8 heteroatoms. The first-order valence-electron chi connectivity index (χ1n) is 9.02. The maximum Gasteiger partial charge on any atom is 0.246 e. The van der Waals surface area contributed by atoms with Crippen LogP contribution in [0.3, 0.4) is 0 Å². The summed E-state index contributed by atoms with van der Waals surface area (Å²) in [6.45, 7) is 4.44. The summed E-state index contributed by atoms with van der Waals surface area (Å²) in [6, 6.07) is 10.5. The van der Waals surface area contributed by atoms with Crippen molar-refractivity contribution in [2.24, 2.45) is 5.92 Å². The van der Waals surface area contributed by atoms with Crippen LogP contribution in [0.1, 0.15) is 24.0 Å². The number of rotatable bonds is 4. The number of aryl methyl sites for hydroxylation is 2. The van der Waals surface area contributed by atoms with Crippen LogP contribution in [0.15, 0.2) is 41.3 Å². The second-order valence-electron chi connectivity index (χ2n) is 7.04. The molecule has 0 radical (unpaired) electrons. The minimum atomic E-state index is -3.81. The second kappa shape index (κ2) is 8.41. The Hall–Kier alpha value is -1.60.